The molecule has 0 aliphatic heterocycles. The lowest BCUT2D eigenvalue weighted by atomic mass is 10.1. The third-order valence-corrected chi connectivity index (χ3v) is 3.03. The fourth-order valence-electron chi connectivity index (χ4n) is 1.22. The number of Topliss-reactive ketones (excluding diaryl/α,β-unsaturated/α-hetero) is 1. The first kappa shape index (κ1) is 11.9. The summed E-state index contributed by atoms with van der Waals surface area (Å²) in [5.41, 5.74) is 0.980. The van der Waals surface area contributed by atoms with E-state index in [-0.39, 0.29) is 24.6 Å². The van der Waals surface area contributed by atoms with Gasteiger partial charge in [0.25, 0.3) is 0 Å². The first-order valence-electron chi connectivity index (χ1n) is 4.88. The highest BCUT2D eigenvalue weighted by Gasteiger charge is 2.12. The number of ether oxygens (including phenoxy) is 1. The van der Waals surface area contributed by atoms with Gasteiger partial charge in [0, 0.05) is 6.42 Å². The Morgan fingerprint density at radius 1 is 1.40 bits per heavy atom. The maximum atomic E-state index is 11.6. The predicted molar refractivity (Wildman–Crippen MR) is 59.3 cm³/mol. The monoisotopic (exact) mass is 226 g/mol. The molecule has 0 amide bonds. The van der Waals surface area contributed by atoms with Gasteiger partial charge in [0.05, 0.1) is 17.9 Å². The second kappa shape index (κ2) is 5.66. The first-order chi connectivity index (χ1) is 7.15. The topological polar surface area (TPSA) is 43.4 Å². The molecule has 4 heteroatoms. The van der Waals surface area contributed by atoms with Crippen molar-refractivity contribution in [1.29, 1.82) is 0 Å². The van der Waals surface area contributed by atoms with Crippen LogP contribution in [0.1, 0.15) is 35.0 Å². The SMILES string of the molecule is CCOC(=O)CCC(=O)c1sccc1C. The summed E-state index contributed by atoms with van der Waals surface area (Å²) < 4.78 is 4.75. The van der Waals surface area contributed by atoms with Gasteiger partial charge in [-0.1, -0.05) is 0 Å². The molecule has 0 fully saturated rings. The number of carbonyl (C=O) groups excluding carboxylic acids is 2. The number of esters is 1. The molecule has 1 rings (SSSR count). The van der Waals surface area contributed by atoms with Gasteiger partial charge in [-0.3, -0.25) is 9.59 Å². The predicted octanol–water partition coefficient (Wildman–Crippen LogP) is 2.58. The number of rotatable bonds is 5. The highest BCUT2D eigenvalue weighted by atomic mass is 32.1. The first-order valence-corrected chi connectivity index (χ1v) is 5.76. The number of ketones is 1. The van der Waals surface area contributed by atoms with Crippen molar-refractivity contribution in [3.05, 3.63) is 21.9 Å². The summed E-state index contributed by atoms with van der Waals surface area (Å²) in [7, 11) is 0. The van der Waals surface area contributed by atoms with E-state index in [0.29, 0.717) is 6.61 Å². The molecule has 0 N–H and O–H groups in total. The zero-order valence-electron chi connectivity index (χ0n) is 8.91. The maximum absolute atomic E-state index is 11.6. The Kier molecular flexibility index (Phi) is 4.49. The Balaban J connectivity index is 2.44. The molecule has 82 valence electrons. The normalized spacial score (nSPS) is 10.0. The number of hydrogen-bond donors (Lipinski definition) is 0. The van der Waals surface area contributed by atoms with Gasteiger partial charge in [0.1, 0.15) is 0 Å². The van der Waals surface area contributed by atoms with Crippen molar-refractivity contribution >= 4 is 23.1 Å². The summed E-state index contributed by atoms with van der Waals surface area (Å²) in [5.74, 6) is -0.282. The van der Waals surface area contributed by atoms with Crippen LogP contribution in [0.25, 0.3) is 0 Å². The molecule has 0 radical (unpaired) electrons. The van der Waals surface area contributed by atoms with Crippen molar-refractivity contribution in [2.45, 2.75) is 26.7 Å². The Bertz CT molecular complexity index is 354. The molecular weight excluding hydrogens is 212 g/mol. The molecule has 0 atom stereocenters. The lowest BCUT2D eigenvalue weighted by molar-refractivity contribution is -0.143. The average Bonchev–Trinajstić information content (AvgIpc) is 2.61. The molecule has 0 aromatic carbocycles. The fraction of sp³-hybridized carbons (Fsp3) is 0.455. The number of aryl methyl sites for hydroxylation is 1. The van der Waals surface area contributed by atoms with Crippen LogP contribution in [0, 0.1) is 6.92 Å². The Labute approximate surface area is 93.1 Å². The van der Waals surface area contributed by atoms with Gasteiger partial charge in [-0.25, -0.2) is 0 Å². The quantitative estimate of drug-likeness (QED) is 0.572. The van der Waals surface area contributed by atoms with Crippen LogP contribution in [-0.4, -0.2) is 18.4 Å². The van der Waals surface area contributed by atoms with E-state index < -0.39 is 0 Å². The van der Waals surface area contributed by atoms with E-state index in [2.05, 4.69) is 0 Å². The van der Waals surface area contributed by atoms with Gasteiger partial charge >= 0.3 is 5.97 Å². The van der Waals surface area contributed by atoms with E-state index in [1.807, 2.05) is 18.4 Å². The van der Waals surface area contributed by atoms with Crippen molar-refractivity contribution < 1.29 is 14.3 Å². The van der Waals surface area contributed by atoms with E-state index in [4.69, 9.17) is 4.74 Å². The molecule has 0 bridgehead atoms. The minimum Gasteiger partial charge on any atom is -0.466 e. The minimum atomic E-state index is -0.306. The molecule has 0 aliphatic carbocycles. The Morgan fingerprint density at radius 2 is 2.13 bits per heavy atom. The van der Waals surface area contributed by atoms with Crippen LogP contribution in [0.5, 0.6) is 0 Å². The van der Waals surface area contributed by atoms with Gasteiger partial charge in [-0.05, 0) is 30.9 Å². The summed E-state index contributed by atoms with van der Waals surface area (Å²) in [4.78, 5) is 23.4. The highest BCUT2D eigenvalue weighted by molar-refractivity contribution is 7.12. The standard InChI is InChI=1S/C11H14O3S/c1-3-14-10(13)5-4-9(12)11-8(2)6-7-15-11/h6-7H,3-5H2,1-2H3. The molecule has 0 saturated carbocycles. The van der Waals surface area contributed by atoms with Crippen molar-refractivity contribution in [2.24, 2.45) is 0 Å². The van der Waals surface area contributed by atoms with Gasteiger partial charge in [0.15, 0.2) is 5.78 Å². The Morgan fingerprint density at radius 3 is 2.67 bits per heavy atom. The lowest BCUT2D eigenvalue weighted by Gasteiger charge is -2.00. The molecule has 0 saturated heterocycles. The van der Waals surface area contributed by atoms with Crippen LogP contribution in [0.4, 0.5) is 0 Å². The second-order valence-electron chi connectivity index (χ2n) is 3.16. The molecule has 3 nitrogen and oxygen atoms in total. The van der Waals surface area contributed by atoms with Crippen LogP contribution in [0.2, 0.25) is 0 Å². The van der Waals surface area contributed by atoms with Crippen LogP contribution >= 0.6 is 11.3 Å². The molecular formula is C11H14O3S. The number of thiophene rings is 1. The maximum Gasteiger partial charge on any atom is 0.306 e. The van der Waals surface area contributed by atoms with Crippen molar-refractivity contribution in [1.82, 2.24) is 0 Å². The zero-order valence-corrected chi connectivity index (χ0v) is 9.73. The second-order valence-corrected chi connectivity index (χ2v) is 4.08. The molecule has 1 heterocycles. The summed E-state index contributed by atoms with van der Waals surface area (Å²) >= 11 is 1.42. The largest absolute Gasteiger partial charge is 0.466 e. The van der Waals surface area contributed by atoms with E-state index in [1.165, 1.54) is 11.3 Å². The van der Waals surface area contributed by atoms with Gasteiger partial charge in [-0.15, -0.1) is 11.3 Å². The summed E-state index contributed by atoms with van der Waals surface area (Å²) in [6, 6.07) is 1.91. The summed E-state index contributed by atoms with van der Waals surface area (Å²) in [5, 5.41) is 1.88. The van der Waals surface area contributed by atoms with Crippen molar-refractivity contribution in [2.75, 3.05) is 6.61 Å². The molecule has 0 aliphatic rings. The third-order valence-electron chi connectivity index (χ3n) is 1.98. The van der Waals surface area contributed by atoms with Gasteiger partial charge in [-0.2, -0.15) is 0 Å². The number of carbonyl (C=O) groups is 2. The van der Waals surface area contributed by atoms with Crippen molar-refractivity contribution in [3.8, 4) is 0 Å². The third kappa shape index (κ3) is 3.47. The molecule has 0 spiro atoms. The Hall–Kier alpha value is -1.16. The summed E-state index contributed by atoms with van der Waals surface area (Å²) in [6.45, 7) is 4.02. The smallest absolute Gasteiger partial charge is 0.306 e. The van der Waals surface area contributed by atoms with Crippen molar-refractivity contribution in [3.63, 3.8) is 0 Å². The summed E-state index contributed by atoms with van der Waals surface area (Å²) in [6.07, 6.45) is 0.407. The number of hydrogen-bond acceptors (Lipinski definition) is 4. The molecule has 1 aromatic rings. The van der Waals surface area contributed by atoms with E-state index >= 15 is 0 Å². The van der Waals surface area contributed by atoms with Gasteiger partial charge < -0.3 is 4.74 Å². The lowest BCUT2D eigenvalue weighted by Crippen LogP contribution is -2.07. The van der Waals surface area contributed by atoms with Gasteiger partial charge in [0.2, 0.25) is 0 Å². The van der Waals surface area contributed by atoms with Crippen LogP contribution in [0.15, 0.2) is 11.4 Å². The minimum absolute atomic E-state index is 0.0237. The molecule has 15 heavy (non-hydrogen) atoms. The van der Waals surface area contributed by atoms with Crippen LogP contribution < -0.4 is 0 Å². The van der Waals surface area contributed by atoms with Crippen LogP contribution in [0.3, 0.4) is 0 Å². The van der Waals surface area contributed by atoms with E-state index in [9.17, 15) is 9.59 Å². The van der Waals surface area contributed by atoms with Crippen LogP contribution in [-0.2, 0) is 9.53 Å². The highest BCUT2D eigenvalue weighted by Crippen LogP contribution is 2.18. The zero-order chi connectivity index (χ0) is 11.3. The molecule has 1 aromatic heterocycles. The van der Waals surface area contributed by atoms with E-state index in [0.717, 1.165) is 10.4 Å². The average molecular weight is 226 g/mol. The molecule has 0 unspecified atom stereocenters. The fourth-order valence-corrected chi connectivity index (χ4v) is 2.12. The van der Waals surface area contributed by atoms with E-state index in [1.54, 1.807) is 6.92 Å².